The van der Waals surface area contributed by atoms with Gasteiger partial charge in [-0.2, -0.15) is 0 Å². The quantitative estimate of drug-likeness (QED) is 0.344. The lowest BCUT2D eigenvalue weighted by atomic mass is 10.1. The third-order valence-corrected chi connectivity index (χ3v) is 2.13. The van der Waals surface area contributed by atoms with Crippen LogP contribution >= 0.6 is 0 Å². The second-order valence-electron chi connectivity index (χ2n) is 3.56. The van der Waals surface area contributed by atoms with Gasteiger partial charge in [0, 0.05) is 12.8 Å². The first-order valence-corrected chi connectivity index (χ1v) is 5.58. The Hall–Kier alpha value is -1.12. The molecule has 0 heterocycles. The number of allylic oxidation sites excluding steroid dienone is 2. The summed E-state index contributed by atoms with van der Waals surface area (Å²) in [5.74, 6) is -0.742. The topological polar surface area (TPSA) is 54.4 Å². The van der Waals surface area contributed by atoms with Crippen LogP contribution in [0.2, 0.25) is 0 Å². The number of aliphatic carboxylic acids is 1. The predicted octanol–water partition coefficient (Wildman–Crippen LogP) is 2.95. The molecule has 0 aliphatic heterocycles. The van der Waals surface area contributed by atoms with Crippen molar-refractivity contribution in [3.05, 3.63) is 12.2 Å². The van der Waals surface area contributed by atoms with Crippen LogP contribution < -0.4 is 0 Å². The van der Waals surface area contributed by atoms with Gasteiger partial charge in [0.2, 0.25) is 0 Å². The highest BCUT2D eigenvalue weighted by atomic mass is 16.4. The molecule has 3 nitrogen and oxygen atoms in total. The Labute approximate surface area is 91.2 Å². The molecule has 0 bridgehead atoms. The van der Waals surface area contributed by atoms with Gasteiger partial charge >= 0.3 is 5.97 Å². The lowest BCUT2D eigenvalue weighted by molar-refractivity contribution is -0.136. The Morgan fingerprint density at radius 2 is 1.53 bits per heavy atom. The molecule has 0 aromatic heterocycles. The Balaban J connectivity index is 3.09. The Kier molecular flexibility index (Phi) is 10.1. The first kappa shape index (κ1) is 13.9. The summed E-state index contributed by atoms with van der Waals surface area (Å²) in [6.45, 7) is 0. The maximum Gasteiger partial charge on any atom is 0.303 e. The molecule has 0 radical (unpaired) electrons. The molecule has 86 valence electrons. The Bertz CT molecular complexity index is 197. The van der Waals surface area contributed by atoms with Crippen molar-refractivity contribution in [1.82, 2.24) is 0 Å². The third-order valence-electron chi connectivity index (χ3n) is 2.13. The minimum atomic E-state index is -0.742. The van der Waals surface area contributed by atoms with Crippen molar-refractivity contribution in [2.45, 2.75) is 51.4 Å². The number of unbranched alkanes of at least 4 members (excludes halogenated alkanes) is 5. The average Bonchev–Trinajstić information content (AvgIpc) is 2.20. The number of carboxylic acid groups (broad SMARTS) is 1. The second kappa shape index (κ2) is 11.0. The van der Waals surface area contributed by atoms with E-state index in [1.807, 2.05) is 12.2 Å². The van der Waals surface area contributed by atoms with Gasteiger partial charge in [-0.05, 0) is 25.7 Å². The van der Waals surface area contributed by atoms with Crippen LogP contribution in [0.15, 0.2) is 12.2 Å². The molecule has 0 aromatic carbocycles. The predicted molar refractivity (Wildman–Crippen MR) is 59.8 cm³/mol. The van der Waals surface area contributed by atoms with Crippen LogP contribution in [0.5, 0.6) is 0 Å². The van der Waals surface area contributed by atoms with Crippen molar-refractivity contribution in [2.24, 2.45) is 0 Å². The molecule has 0 spiro atoms. The van der Waals surface area contributed by atoms with E-state index in [2.05, 4.69) is 0 Å². The fraction of sp³-hybridized carbons (Fsp3) is 0.667. The lowest BCUT2D eigenvalue weighted by Gasteiger charge is -1.95. The molecule has 0 saturated carbocycles. The maximum absolute atomic E-state index is 10.2. The van der Waals surface area contributed by atoms with Gasteiger partial charge in [-0.1, -0.05) is 25.0 Å². The number of carbonyl (C=O) groups is 2. The summed E-state index contributed by atoms with van der Waals surface area (Å²) < 4.78 is 0. The molecule has 0 rings (SSSR count). The molecular weight excluding hydrogens is 192 g/mol. The molecule has 1 N–H and O–H groups in total. The first-order valence-electron chi connectivity index (χ1n) is 5.58. The number of aldehydes is 1. The van der Waals surface area contributed by atoms with E-state index in [-0.39, 0.29) is 6.42 Å². The van der Waals surface area contributed by atoms with Crippen molar-refractivity contribution >= 4 is 12.3 Å². The standard InChI is InChI=1S/C12H20O3/c13-11-9-7-5-3-1-2-4-6-8-10-12(14)15/h4,6,11H,1-3,5,7-10H2,(H,14,15). The van der Waals surface area contributed by atoms with E-state index in [0.717, 1.165) is 38.4 Å². The molecule has 0 saturated heterocycles. The highest BCUT2D eigenvalue weighted by molar-refractivity contribution is 5.66. The van der Waals surface area contributed by atoms with Gasteiger partial charge in [-0.25, -0.2) is 0 Å². The van der Waals surface area contributed by atoms with Crippen LogP contribution in [0.4, 0.5) is 0 Å². The van der Waals surface area contributed by atoms with E-state index in [9.17, 15) is 9.59 Å². The van der Waals surface area contributed by atoms with Gasteiger partial charge < -0.3 is 9.90 Å². The number of rotatable bonds is 10. The first-order chi connectivity index (χ1) is 7.27. The molecule has 0 unspecified atom stereocenters. The minimum absolute atomic E-state index is 0.218. The number of hydrogen-bond acceptors (Lipinski definition) is 2. The van der Waals surface area contributed by atoms with Crippen LogP contribution in [-0.2, 0) is 9.59 Å². The fourth-order valence-corrected chi connectivity index (χ4v) is 1.29. The van der Waals surface area contributed by atoms with Crippen LogP contribution in [0, 0.1) is 0 Å². The van der Waals surface area contributed by atoms with Gasteiger partial charge in [0.05, 0.1) is 0 Å². The van der Waals surface area contributed by atoms with Gasteiger partial charge in [-0.15, -0.1) is 0 Å². The average molecular weight is 212 g/mol. The summed E-state index contributed by atoms with van der Waals surface area (Å²) in [5.41, 5.74) is 0. The second-order valence-corrected chi connectivity index (χ2v) is 3.56. The SMILES string of the molecule is O=CCCCCCCC=CCCC(=O)O. The van der Waals surface area contributed by atoms with Gasteiger partial charge in [0.15, 0.2) is 0 Å². The molecule has 0 aromatic rings. The maximum atomic E-state index is 10.2. The molecular formula is C12H20O3. The van der Waals surface area contributed by atoms with E-state index in [1.54, 1.807) is 0 Å². The lowest BCUT2D eigenvalue weighted by Crippen LogP contribution is -1.91. The highest BCUT2D eigenvalue weighted by Gasteiger charge is 1.91. The molecule has 15 heavy (non-hydrogen) atoms. The summed E-state index contributed by atoms with van der Waals surface area (Å²) in [7, 11) is 0. The van der Waals surface area contributed by atoms with Crippen LogP contribution in [-0.4, -0.2) is 17.4 Å². The summed E-state index contributed by atoms with van der Waals surface area (Å²) in [6.07, 6.45) is 11.9. The van der Waals surface area contributed by atoms with Crippen molar-refractivity contribution in [3.63, 3.8) is 0 Å². The zero-order valence-corrected chi connectivity index (χ0v) is 9.15. The van der Waals surface area contributed by atoms with E-state index < -0.39 is 5.97 Å². The monoisotopic (exact) mass is 212 g/mol. The molecule has 0 aliphatic rings. The van der Waals surface area contributed by atoms with E-state index in [0.29, 0.717) is 12.8 Å². The largest absolute Gasteiger partial charge is 0.481 e. The molecule has 0 fully saturated rings. The smallest absolute Gasteiger partial charge is 0.303 e. The highest BCUT2D eigenvalue weighted by Crippen LogP contribution is 2.05. The zero-order valence-electron chi connectivity index (χ0n) is 9.15. The summed E-state index contributed by atoms with van der Waals surface area (Å²) in [4.78, 5) is 20.2. The zero-order chi connectivity index (χ0) is 11.4. The number of hydrogen-bond donors (Lipinski definition) is 1. The molecule has 3 heteroatoms. The van der Waals surface area contributed by atoms with Gasteiger partial charge in [-0.3, -0.25) is 4.79 Å². The third kappa shape index (κ3) is 12.9. The van der Waals surface area contributed by atoms with Crippen molar-refractivity contribution < 1.29 is 14.7 Å². The minimum Gasteiger partial charge on any atom is -0.481 e. The Morgan fingerprint density at radius 1 is 0.933 bits per heavy atom. The van der Waals surface area contributed by atoms with Crippen LogP contribution in [0.25, 0.3) is 0 Å². The van der Waals surface area contributed by atoms with Crippen LogP contribution in [0.3, 0.4) is 0 Å². The fourth-order valence-electron chi connectivity index (χ4n) is 1.29. The number of carbonyl (C=O) groups excluding carboxylic acids is 1. The van der Waals surface area contributed by atoms with Gasteiger partial charge in [0.25, 0.3) is 0 Å². The van der Waals surface area contributed by atoms with Crippen LogP contribution in [0.1, 0.15) is 51.4 Å². The van der Waals surface area contributed by atoms with Gasteiger partial charge in [0.1, 0.15) is 6.29 Å². The summed E-state index contributed by atoms with van der Waals surface area (Å²) >= 11 is 0. The molecule has 0 amide bonds. The summed E-state index contributed by atoms with van der Waals surface area (Å²) in [6, 6.07) is 0. The number of carboxylic acids is 1. The molecule has 0 aliphatic carbocycles. The van der Waals surface area contributed by atoms with E-state index in [1.165, 1.54) is 0 Å². The van der Waals surface area contributed by atoms with Crippen molar-refractivity contribution in [3.8, 4) is 0 Å². The normalized spacial score (nSPS) is 10.7. The summed E-state index contributed by atoms with van der Waals surface area (Å²) in [5, 5.41) is 8.37. The molecule has 0 atom stereocenters. The van der Waals surface area contributed by atoms with E-state index in [4.69, 9.17) is 5.11 Å². The van der Waals surface area contributed by atoms with Crippen molar-refractivity contribution in [2.75, 3.05) is 0 Å². The van der Waals surface area contributed by atoms with E-state index >= 15 is 0 Å². The Morgan fingerprint density at radius 3 is 2.13 bits per heavy atom. The van der Waals surface area contributed by atoms with Crippen molar-refractivity contribution in [1.29, 1.82) is 0 Å².